The van der Waals surface area contributed by atoms with Gasteiger partial charge < -0.3 is 21.1 Å². The molecule has 0 saturated carbocycles. The van der Waals surface area contributed by atoms with Crippen LogP contribution in [0.15, 0.2) is 67.0 Å². The Labute approximate surface area is 257 Å². The van der Waals surface area contributed by atoms with E-state index in [2.05, 4.69) is 20.9 Å². The van der Waals surface area contributed by atoms with Crippen LogP contribution in [0.1, 0.15) is 53.7 Å². The third-order valence-electron chi connectivity index (χ3n) is 7.05. The first kappa shape index (κ1) is 34.7. The first-order valence-corrected chi connectivity index (χ1v) is 16.4. The number of halogens is 2. The monoisotopic (exact) mass is 630 g/mol. The van der Waals surface area contributed by atoms with Crippen molar-refractivity contribution in [2.24, 2.45) is 0 Å². The number of carbonyl (C=O) groups excluding carboxylic acids is 2. The van der Waals surface area contributed by atoms with Gasteiger partial charge in [-0.05, 0) is 60.2 Å². The van der Waals surface area contributed by atoms with Gasteiger partial charge in [0, 0.05) is 37.1 Å². The molecule has 0 radical (unpaired) electrons. The van der Waals surface area contributed by atoms with Gasteiger partial charge in [-0.1, -0.05) is 44.5 Å². The first-order chi connectivity index (χ1) is 21.0. The highest BCUT2D eigenvalue weighted by molar-refractivity contribution is 7.91. The van der Waals surface area contributed by atoms with Gasteiger partial charge in [0.25, 0.3) is 5.91 Å². The molecule has 3 aromatic rings. The average Bonchev–Trinajstić information content (AvgIpc) is 2.99. The topological polar surface area (TPSA) is 137 Å². The maximum atomic E-state index is 14.0. The van der Waals surface area contributed by atoms with Crippen LogP contribution in [0.25, 0.3) is 0 Å². The summed E-state index contributed by atoms with van der Waals surface area (Å²) in [6.07, 6.45) is 3.23. The standard InChI is InChI=1S/C32H40F2N4O5S/c1-3-5-13-44(42,43)21-29(38-31(40)25-9-11-35-12-10-25)32(41)37-28(17-24-15-26(33)18-27(34)16-24)30(39)20-36-19-23-8-6-7-22(4-2)14-23/h6-12,14-16,18,28-30,36,39H,3-5,13,17,19-21H2,1-2H3,(H,37,41)(H,38,40)/t28-,29+,30+/m0/s1. The molecule has 1 aromatic heterocycles. The molecule has 0 spiro atoms. The first-order valence-electron chi connectivity index (χ1n) is 14.6. The molecule has 0 fully saturated rings. The van der Waals surface area contributed by atoms with Crippen LogP contribution in [0, 0.1) is 11.6 Å². The number of aromatic nitrogens is 1. The van der Waals surface area contributed by atoms with Crippen LogP contribution in [0.5, 0.6) is 0 Å². The van der Waals surface area contributed by atoms with Gasteiger partial charge in [-0.15, -0.1) is 0 Å². The van der Waals surface area contributed by atoms with E-state index in [-0.39, 0.29) is 29.8 Å². The van der Waals surface area contributed by atoms with Crippen molar-refractivity contribution in [3.8, 4) is 0 Å². The zero-order valence-electron chi connectivity index (χ0n) is 24.9. The van der Waals surface area contributed by atoms with Crippen molar-refractivity contribution < 1.29 is 31.9 Å². The summed E-state index contributed by atoms with van der Waals surface area (Å²) in [4.78, 5) is 30.4. The number of carbonyl (C=O) groups is 2. The van der Waals surface area contributed by atoms with Gasteiger partial charge in [0.1, 0.15) is 17.7 Å². The zero-order chi connectivity index (χ0) is 32.1. The molecule has 2 aromatic carbocycles. The average molecular weight is 631 g/mol. The van der Waals surface area contributed by atoms with E-state index < -0.39 is 57.2 Å². The molecule has 0 unspecified atom stereocenters. The van der Waals surface area contributed by atoms with Crippen LogP contribution in [-0.2, 0) is 34.0 Å². The van der Waals surface area contributed by atoms with Crippen LogP contribution in [-0.4, -0.2) is 66.6 Å². The lowest BCUT2D eigenvalue weighted by atomic mass is 10.00. The van der Waals surface area contributed by atoms with Crippen molar-refractivity contribution in [1.29, 1.82) is 0 Å². The Morgan fingerprint density at radius 1 is 0.932 bits per heavy atom. The molecule has 3 atom stereocenters. The lowest BCUT2D eigenvalue weighted by Gasteiger charge is -2.27. The number of nitrogens with one attached hydrogen (secondary N) is 3. The van der Waals surface area contributed by atoms with E-state index in [1.54, 1.807) is 0 Å². The van der Waals surface area contributed by atoms with Gasteiger partial charge in [0.15, 0.2) is 9.84 Å². The highest BCUT2D eigenvalue weighted by Gasteiger charge is 2.31. The van der Waals surface area contributed by atoms with Gasteiger partial charge in [-0.3, -0.25) is 14.6 Å². The maximum Gasteiger partial charge on any atom is 0.252 e. The Morgan fingerprint density at radius 2 is 1.61 bits per heavy atom. The smallest absolute Gasteiger partial charge is 0.252 e. The molecule has 0 aliphatic heterocycles. The van der Waals surface area contributed by atoms with Crippen molar-refractivity contribution in [1.82, 2.24) is 20.9 Å². The maximum absolute atomic E-state index is 14.0. The number of amides is 2. The number of aryl methyl sites for hydroxylation is 1. The Hall–Kier alpha value is -3.74. The lowest BCUT2D eigenvalue weighted by Crippen LogP contribution is -2.56. The number of benzene rings is 2. The Kier molecular flexibility index (Phi) is 13.4. The molecule has 4 N–H and O–H groups in total. The summed E-state index contributed by atoms with van der Waals surface area (Å²) in [5.41, 5.74) is 2.49. The quantitative estimate of drug-likeness (QED) is 0.180. The molecular weight excluding hydrogens is 590 g/mol. The summed E-state index contributed by atoms with van der Waals surface area (Å²) in [5, 5.41) is 19.4. The molecule has 0 saturated heterocycles. The zero-order valence-corrected chi connectivity index (χ0v) is 25.7. The van der Waals surface area contributed by atoms with Crippen molar-refractivity contribution in [3.63, 3.8) is 0 Å². The van der Waals surface area contributed by atoms with Gasteiger partial charge >= 0.3 is 0 Å². The molecular formula is C32H40F2N4O5S. The SMILES string of the molecule is CCCCS(=O)(=O)C[C@@H](NC(=O)c1ccncc1)C(=O)N[C@@H](Cc1cc(F)cc(F)c1)[C@H](O)CNCc1cccc(CC)c1. The minimum atomic E-state index is -3.75. The van der Waals surface area contributed by atoms with Crippen LogP contribution < -0.4 is 16.0 Å². The summed E-state index contributed by atoms with van der Waals surface area (Å²) >= 11 is 0. The van der Waals surface area contributed by atoms with Crippen LogP contribution >= 0.6 is 0 Å². The van der Waals surface area contributed by atoms with E-state index in [4.69, 9.17) is 0 Å². The number of pyridine rings is 1. The second kappa shape index (κ2) is 16.9. The van der Waals surface area contributed by atoms with Crippen molar-refractivity contribution >= 4 is 21.7 Å². The van der Waals surface area contributed by atoms with E-state index in [0.29, 0.717) is 25.5 Å². The number of sulfone groups is 1. The summed E-state index contributed by atoms with van der Waals surface area (Å²) in [7, 11) is -3.75. The van der Waals surface area contributed by atoms with Gasteiger partial charge in [0.2, 0.25) is 5.91 Å². The van der Waals surface area contributed by atoms with Crippen molar-refractivity contribution in [3.05, 3.63) is 101 Å². The normalized spacial score (nSPS) is 13.6. The second-order valence-corrected chi connectivity index (χ2v) is 12.9. The van der Waals surface area contributed by atoms with E-state index in [9.17, 15) is 31.9 Å². The molecule has 238 valence electrons. The van der Waals surface area contributed by atoms with Gasteiger partial charge in [-0.2, -0.15) is 0 Å². The minimum Gasteiger partial charge on any atom is -0.390 e. The Balaban J connectivity index is 1.82. The molecule has 0 bridgehead atoms. The molecule has 1 heterocycles. The molecule has 0 aliphatic carbocycles. The third kappa shape index (κ3) is 11.4. The number of aliphatic hydroxyl groups excluding tert-OH is 1. The lowest BCUT2D eigenvalue weighted by molar-refractivity contribution is -0.124. The number of hydrogen-bond donors (Lipinski definition) is 4. The van der Waals surface area contributed by atoms with Crippen LogP contribution in [0.4, 0.5) is 8.78 Å². The fourth-order valence-corrected chi connectivity index (χ4v) is 6.28. The predicted octanol–water partition coefficient (Wildman–Crippen LogP) is 3.11. The van der Waals surface area contributed by atoms with E-state index in [1.807, 2.05) is 38.1 Å². The summed E-state index contributed by atoms with van der Waals surface area (Å²) in [5.74, 6) is -4.02. The Morgan fingerprint density at radius 3 is 2.27 bits per heavy atom. The van der Waals surface area contributed by atoms with E-state index in [1.165, 1.54) is 24.5 Å². The molecule has 0 aliphatic rings. The van der Waals surface area contributed by atoms with E-state index >= 15 is 0 Å². The molecule has 12 heteroatoms. The molecule has 2 amide bonds. The number of unbranched alkanes of at least 4 members (excludes halogenated alkanes) is 1. The highest BCUT2D eigenvalue weighted by atomic mass is 32.2. The highest BCUT2D eigenvalue weighted by Crippen LogP contribution is 2.13. The summed E-state index contributed by atoms with van der Waals surface area (Å²) in [6, 6.07) is 11.1. The number of nitrogens with zero attached hydrogens (tertiary/aromatic N) is 1. The van der Waals surface area contributed by atoms with Gasteiger partial charge in [0.05, 0.1) is 23.7 Å². The number of hydrogen-bond acceptors (Lipinski definition) is 7. The molecule has 9 nitrogen and oxygen atoms in total. The predicted molar refractivity (Wildman–Crippen MR) is 165 cm³/mol. The van der Waals surface area contributed by atoms with Crippen molar-refractivity contribution in [2.75, 3.05) is 18.1 Å². The Bertz CT molecular complexity index is 1470. The summed E-state index contributed by atoms with van der Waals surface area (Å²) in [6.45, 7) is 4.30. The second-order valence-electron chi connectivity index (χ2n) is 10.7. The number of rotatable bonds is 17. The largest absolute Gasteiger partial charge is 0.390 e. The summed E-state index contributed by atoms with van der Waals surface area (Å²) < 4.78 is 53.7. The van der Waals surface area contributed by atoms with E-state index in [0.717, 1.165) is 29.7 Å². The van der Waals surface area contributed by atoms with Crippen LogP contribution in [0.2, 0.25) is 0 Å². The van der Waals surface area contributed by atoms with Gasteiger partial charge in [-0.25, -0.2) is 17.2 Å². The molecule has 3 rings (SSSR count). The fraction of sp³-hybridized carbons (Fsp3) is 0.406. The molecule has 44 heavy (non-hydrogen) atoms. The number of aliphatic hydroxyl groups is 1. The van der Waals surface area contributed by atoms with Crippen LogP contribution in [0.3, 0.4) is 0 Å². The fourth-order valence-electron chi connectivity index (χ4n) is 4.64. The minimum absolute atomic E-state index is 0.00192. The third-order valence-corrected chi connectivity index (χ3v) is 8.80. The van der Waals surface area contributed by atoms with Crippen molar-refractivity contribution in [2.45, 2.75) is 64.3 Å².